The van der Waals surface area contributed by atoms with E-state index in [9.17, 15) is 0 Å². The lowest BCUT2D eigenvalue weighted by Crippen LogP contribution is -2.35. The first-order valence-electron chi connectivity index (χ1n) is 9.66. The Balaban J connectivity index is 1.37. The van der Waals surface area contributed by atoms with E-state index >= 15 is 0 Å². The van der Waals surface area contributed by atoms with Crippen LogP contribution >= 0.6 is 15.9 Å². The second-order valence-corrected chi connectivity index (χ2v) is 7.71. The molecule has 0 aliphatic carbocycles. The van der Waals surface area contributed by atoms with E-state index in [4.69, 9.17) is 4.74 Å². The normalized spacial score (nSPS) is 14.7. The Hall–Kier alpha value is -2.49. The maximum Gasteiger partial charge on any atom is 0.229 e. The number of H-pyrrole nitrogens is 1. The molecule has 0 spiro atoms. The van der Waals surface area contributed by atoms with Gasteiger partial charge in [0.15, 0.2) is 0 Å². The van der Waals surface area contributed by atoms with Gasteiger partial charge in [0.05, 0.1) is 24.0 Å². The molecule has 3 heterocycles. The third-order valence-electron chi connectivity index (χ3n) is 4.68. The fourth-order valence-electron chi connectivity index (χ4n) is 3.18. The van der Waals surface area contributed by atoms with Crippen molar-refractivity contribution in [3.8, 4) is 0 Å². The molecule has 152 valence electrons. The highest BCUT2D eigenvalue weighted by atomic mass is 79.9. The number of nitrogens with one attached hydrogen (secondary N) is 3. The van der Waals surface area contributed by atoms with Crippen LogP contribution in [0.3, 0.4) is 0 Å². The molecule has 1 aliphatic rings. The Kier molecular flexibility index (Phi) is 6.71. The van der Waals surface area contributed by atoms with Crippen molar-refractivity contribution in [3.05, 3.63) is 58.7 Å². The molecule has 4 rings (SSSR count). The van der Waals surface area contributed by atoms with Crippen LogP contribution < -0.4 is 10.6 Å². The number of anilines is 3. The largest absolute Gasteiger partial charge is 0.379 e. The van der Waals surface area contributed by atoms with Gasteiger partial charge in [0.25, 0.3) is 0 Å². The number of nitrogens with zero attached hydrogens (tertiary/aromatic N) is 4. The fraction of sp³-hybridized carbons (Fsp3) is 0.350. The monoisotopic (exact) mass is 457 g/mol. The molecule has 8 nitrogen and oxygen atoms in total. The van der Waals surface area contributed by atoms with Crippen LogP contribution in [0.1, 0.15) is 11.3 Å². The van der Waals surface area contributed by atoms with Gasteiger partial charge in [0.2, 0.25) is 5.95 Å². The SMILES string of the molecule is Brc1cnc(Nc2cccc(CN3CCOCC3)c2)nc1NCCc1cnc[nH]1. The van der Waals surface area contributed by atoms with Crippen molar-refractivity contribution in [2.24, 2.45) is 0 Å². The number of hydrogen-bond donors (Lipinski definition) is 3. The quantitative estimate of drug-likeness (QED) is 0.478. The first kappa shape index (κ1) is 19.8. The van der Waals surface area contributed by atoms with Gasteiger partial charge in [-0.1, -0.05) is 12.1 Å². The summed E-state index contributed by atoms with van der Waals surface area (Å²) in [5.41, 5.74) is 3.31. The topological polar surface area (TPSA) is 91.0 Å². The second kappa shape index (κ2) is 9.82. The third kappa shape index (κ3) is 5.75. The van der Waals surface area contributed by atoms with Crippen molar-refractivity contribution in [2.45, 2.75) is 13.0 Å². The highest BCUT2D eigenvalue weighted by Gasteiger charge is 2.11. The molecule has 1 aromatic carbocycles. The van der Waals surface area contributed by atoms with E-state index in [1.165, 1.54) is 5.56 Å². The third-order valence-corrected chi connectivity index (χ3v) is 5.26. The van der Waals surface area contributed by atoms with E-state index in [1.54, 1.807) is 12.5 Å². The highest BCUT2D eigenvalue weighted by Crippen LogP contribution is 2.22. The summed E-state index contributed by atoms with van der Waals surface area (Å²) in [5.74, 6) is 1.31. The summed E-state index contributed by atoms with van der Waals surface area (Å²) < 4.78 is 6.25. The summed E-state index contributed by atoms with van der Waals surface area (Å²) in [7, 11) is 0. The lowest BCUT2D eigenvalue weighted by atomic mass is 10.2. The van der Waals surface area contributed by atoms with Crippen molar-refractivity contribution in [3.63, 3.8) is 0 Å². The number of hydrogen-bond acceptors (Lipinski definition) is 7. The molecule has 3 aromatic rings. The Morgan fingerprint density at radius 2 is 2.10 bits per heavy atom. The molecule has 2 aromatic heterocycles. The van der Waals surface area contributed by atoms with Crippen LogP contribution in [0.15, 0.2) is 47.5 Å². The molecule has 3 N–H and O–H groups in total. The van der Waals surface area contributed by atoms with Crippen molar-refractivity contribution < 1.29 is 4.74 Å². The maximum absolute atomic E-state index is 5.42. The number of aromatic nitrogens is 4. The lowest BCUT2D eigenvalue weighted by Gasteiger charge is -2.26. The summed E-state index contributed by atoms with van der Waals surface area (Å²) in [6.07, 6.45) is 6.10. The maximum atomic E-state index is 5.42. The Morgan fingerprint density at radius 3 is 2.93 bits per heavy atom. The van der Waals surface area contributed by atoms with Gasteiger partial charge in [-0.25, -0.2) is 9.97 Å². The standard InChI is InChI=1S/C20H24BrN7O/c21-18-12-24-20(27-19(18)23-5-4-17-11-22-14-25-17)26-16-3-1-2-15(10-16)13-28-6-8-29-9-7-28/h1-3,10-12,14H,4-9,13H2,(H,22,25)(H2,23,24,26,27). The fourth-order valence-corrected chi connectivity index (χ4v) is 3.51. The van der Waals surface area contributed by atoms with Crippen LogP contribution in [0.5, 0.6) is 0 Å². The molecule has 1 fully saturated rings. The van der Waals surface area contributed by atoms with Crippen molar-refractivity contribution in [1.29, 1.82) is 0 Å². The van der Waals surface area contributed by atoms with E-state index in [0.29, 0.717) is 5.95 Å². The minimum Gasteiger partial charge on any atom is -0.379 e. The first-order valence-corrected chi connectivity index (χ1v) is 10.5. The van der Waals surface area contributed by atoms with Crippen molar-refractivity contribution >= 4 is 33.4 Å². The first-order chi connectivity index (χ1) is 14.3. The summed E-state index contributed by atoms with van der Waals surface area (Å²) in [5, 5.41) is 6.65. The number of aromatic amines is 1. The van der Waals surface area contributed by atoms with E-state index in [1.807, 2.05) is 12.3 Å². The minimum absolute atomic E-state index is 0.556. The molecule has 0 saturated carbocycles. The van der Waals surface area contributed by atoms with Crippen LogP contribution in [0, 0.1) is 0 Å². The zero-order valence-corrected chi connectivity index (χ0v) is 17.7. The van der Waals surface area contributed by atoms with Gasteiger partial charge in [-0.15, -0.1) is 0 Å². The summed E-state index contributed by atoms with van der Waals surface area (Å²) in [6, 6.07) is 8.37. The van der Waals surface area contributed by atoms with E-state index in [2.05, 4.69) is 69.6 Å². The van der Waals surface area contributed by atoms with Gasteiger partial charge in [0, 0.05) is 56.4 Å². The molecule has 29 heavy (non-hydrogen) atoms. The van der Waals surface area contributed by atoms with Crippen LogP contribution in [-0.4, -0.2) is 57.7 Å². The van der Waals surface area contributed by atoms with Crippen LogP contribution in [0.2, 0.25) is 0 Å². The molecule has 0 unspecified atom stereocenters. The number of ether oxygens (including phenoxy) is 1. The highest BCUT2D eigenvalue weighted by molar-refractivity contribution is 9.10. The van der Waals surface area contributed by atoms with Crippen LogP contribution in [0.4, 0.5) is 17.5 Å². The van der Waals surface area contributed by atoms with Crippen LogP contribution in [-0.2, 0) is 17.7 Å². The Labute approximate surface area is 178 Å². The van der Waals surface area contributed by atoms with Gasteiger partial charge in [-0.05, 0) is 33.6 Å². The zero-order valence-electron chi connectivity index (χ0n) is 16.1. The number of benzene rings is 1. The number of halogens is 1. The van der Waals surface area contributed by atoms with Crippen molar-refractivity contribution in [1.82, 2.24) is 24.8 Å². The lowest BCUT2D eigenvalue weighted by molar-refractivity contribution is 0.0342. The minimum atomic E-state index is 0.556. The smallest absolute Gasteiger partial charge is 0.229 e. The van der Waals surface area contributed by atoms with Gasteiger partial charge >= 0.3 is 0 Å². The predicted octanol–water partition coefficient (Wildman–Crippen LogP) is 3.19. The molecule has 1 saturated heterocycles. The van der Waals surface area contributed by atoms with Gasteiger partial charge < -0.3 is 20.4 Å². The molecule has 9 heteroatoms. The summed E-state index contributed by atoms with van der Waals surface area (Å²) in [6.45, 7) is 5.22. The van der Waals surface area contributed by atoms with E-state index in [-0.39, 0.29) is 0 Å². The molecular weight excluding hydrogens is 434 g/mol. The van der Waals surface area contributed by atoms with E-state index in [0.717, 1.165) is 67.5 Å². The number of morpholine rings is 1. The Morgan fingerprint density at radius 1 is 1.21 bits per heavy atom. The predicted molar refractivity (Wildman–Crippen MR) is 116 cm³/mol. The molecule has 0 bridgehead atoms. The number of imidazole rings is 1. The van der Waals surface area contributed by atoms with Gasteiger partial charge in [-0.3, -0.25) is 4.90 Å². The van der Waals surface area contributed by atoms with Crippen LogP contribution in [0.25, 0.3) is 0 Å². The molecule has 0 atom stereocenters. The van der Waals surface area contributed by atoms with E-state index < -0.39 is 0 Å². The zero-order chi connectivity index (χ0) is 19.9. The summed E-state index contributed by atoms with van der Waals surface area (Å²) in [4.78, 5) is 18.5. The summed E-state index contributed by atoms with van der Waals surface area (Å²) >= 11 is 3.51. The average molecular weight is 458 g/mol. The van der Waals surface area contributed by atoms with Gasteiger partial charge in [-0.2, -0.15) is 4.98 Å². The average Bonchev–Trinajstić information content (AvgIpc) is 3.25. The second-order valence-electron chi connectivity index (χ2n) is 6.86. The Bertz CT molecular complexity index is 913. The molecular formula is C20H24BrN7O. The number of rotatable bonds is 8. The van der Waals surface area contributed by atoms with Crippen molar-refractivity contribution in [2.75, 3.05) is 43.5 Å². The molecule has 1 aliphatic heterocycles. The molecule has 0 amide bonds. The molecule has 0 radical (unpaired) electrons. The van der Waals surface area contributed by atoms with Gasteiger partial charge in [0.1, 0.15) is 5.82 Å².